The molecule has 0 saturated heterocycles. The second-order valence-corrected chi connectivity index (χ2v) is 5.86. The largest absolute Gasteiger partial charge is 0.347 e. The lowest BCUT2D eigenvalue weighted by atomic mass is 9.95. The molecule has 1 aromatic rings. The smallest absolute Gasteiger partial charge is 0.151 e. The van der Waals surface area contributed by atoms with E-state index in [1.165, 1.54) is 31.4 Å². The lowest BCUT2D eigenvalue weighted by Crippen LogP contribution is -2.45. The van der Waals surface area contributed by atoms with Crippen LogP contribution in [0.4, 0.5) is 0 Å². The molecule has 1 aliphatic rings. The first kappa shape index (κ1) is 13.3. The van der Waals surface area contributed by atoms with Crippen molar-refractivity contribution in [2.24, 2.45) is 0 Å². The van der Waals surface area contributed by atoms with Crippen LogP contribution in [-0.2, 0) is 6.54 Å². The third-order valence-corrected chi connectivity index (χ3v) is 4.68. The average Bonchev–Trinajstić information content (AvgIpc) is 2.90. The van der Waals surface area contributed by atoms with Crippen molar-refractivity contribution in [2.75, 3.05) is 14.1 Å². The maximum atomic E-state index is 11.0. The van der Waals surface area contributed by atoms with Crippen LogP contribution in [0.25, 0.3) is 0 Å². The Balaban J connectivity index is 2.32. The minimum Gasteiger partial charge on any atom is -0.347 e. The number of carbonyl (C=O) groups excluding carboxylic acids is 1. The molecule has 0 radical (unpaired) electrons. The Morgan fingerprint density at radius 3 is 2.39 bits per heavy atom. The van der Waals surface area contributed by atoms with Crippen LogP contribution in [0.1, 0.15) is 47.4 Å². The molecule has 100 valence electrons. The second-order valence-electron chi connectivity index (χ2n) is 5.86. The van der Waals surface area contributed by atoms with E-state index in [1.54, 1.807) is 0 Å². The van der Waals surface area contributed by atoms with Crippen molar-refractivity contribution in [3.8, 4) is 0 Å². The Bertz CT molecular complexity index is 440. The molecular weight excluding hydrogens is 224 g/mol. The van der Waals surface area contributed by atoms with Gasteiger partial charge in [-0.3, -0.25) is 4.79 Å². The van der Waals surface area contributed by atoms with Gasteiger partial charge in [-0.25, -0.2) is 0 Å². The van der Waals surface area contributed by atoms with Crippen LogP contribution in [0.5, 0.6) is 0 Å². The summed E-state index contributed by atoms with van der Waals surface area (Å²) in [6.45, 7) is 5.15. The highest BCUT2D eigenvalue weighted by Crippen LogP contribution is 2.36. The van der Waals surface area contributed by atoms with Gasteiger partial charge in [-0.15, -0.1) is 0 Å². The Morgan fingerprint density at radius 1 is 1.33 bits per heavy atom. The molecule has 1 aromatic heterocycles. The Morgan fingerprint density at radius 2 is 1.94 bits per heavy atom. The van der Waals surface area contributed by atoms with Gasteiger partial charge in [0.2, 0.25) is 0 Å². The van der Waals surface area contributed by atoms with Gasteiger partial charge in [-0.05, 0) is 46.9 Å². The molecule has 0 aromatic carbocycles. The first-order valence-corrected chi connectivity index (χ1v) is 6.79. The molecular formula is C15H24N2O. The van der Waals surface area contributed by atoms with E-state index >= 15 is 0 Å². The molecule has 1 saturated carbocycles. The van der Waals surface area contributed by atoms with Gasteiger partial charge in [-0.2, -0.15) is 0 Å². The monoisotopic (exact) mass is 248 g/mol. The highest BCUT2D eigenvalue weighted by molar-refractivity contribution is 5.77. The number of aromatic nitrogens is 1. The maximum Gasteiger partial charge on any atom is 0.151 e. The number of aldehydes is 1. The number of nitrogens with zero attached hydrogens (tertiary/aromatic N) is 2. The van der Waals surface area contributed by atoms with Gasteiger partial charge in [0.1, 0.15) is 0 Å². The molecule has 2 rings (SSSR count). The zero-order chi connectivity index (χ0) is 13.3. The van der Waals surface area contributed by atoms with E-state index in [1.807, 2.05) is 6.07 Å². The second kappa shape index (κ2) is 4.88. The summed E-state index contributed by atoms with van der Waals surface area (Å²) in [5.41, 5.74) is 3.41. The van der Waals surface area contributed by atoms with Crippen LogP contribution in [0.2, 0.25) is 0 Å². The molecule has 0 bridgehead atoms. The van der Waals surface area contributed by atoms with E-state index < -0.39 is 0 Å². The maximum absolute atomic E-state index is 11.0. The van der Waals surface area contributed by atoms with Gasteiger partial charge in [0.05, 0.1) is 0 Å². The topological polar surface area (TPSA) is 25.2 Å². The molecule has 0 N–H and O–H groups in total. The van der Waals surface area contributed by atoms with Crippen molar-refractivity contribution >= 4 is 6.29 Å². The summed E-state index contributed by atoms with van der Waals surface area (Å²) in [5.74, 6) is 0. The normalized spacial score (nSPS) is 18.5. The third kappa shape index (κ3) is 2.12. The van der Waals surface area contributed by atoms with Crippen LogP contribution >= 0.6 is 0 Å². The Kier molecular flexibility index (Phi) is 3.62. The molecule has 0 unspecified atom stereocenters. The molecule has 3 heteroatoms. The molecule has 0 atom stereocenters. The standard InChI is InChI=1S/C15H24N2O/c1-12-9-14(10-18)13(2)17(12)11-15(16(3)4)7-5-6-8-15/h9-10H,5-8,11H2,1-4H3. The molecule has 3 nitrogen and oxygen atoms in total. The number of rotatable bonds is 4. The van der Waals surface area contributed by atoms with Gasteiger partial charge in [-0.1, -0.05) is 12.8 Å². The molecule has 0 amide bonds. The minimum atomic E-state index is 0.273. The predicted octanol–water partition coefficient (Wildman–Crippen LogP) is 2.79. The van der Waals surface area contributed by atoms with Gasteiger partial charge in [0.15, 0.2) is 6.29 Å². The van der Waals surface area contributed by atoms with Crippen LogP contribution in [0.3, 0.4) is 0 Å². The molecule has 0 spiro atoms. The van der Waals surface area contributed by atoms with Crippen molar-refractivity contribution in [3.05, 3.63) is 23.0 Å². The summed E-state index contributed by atoms with van der Waals surface area (Å²) in [6.07, 6.45) is 6.12. The lowest BCUT2D eigenvalue weighted by Gasteiger charge is -2.37. The van der Waals surface area contributed by atoms with Gasteiger partial charge in [0, 0.05) is 29.0 Å². The highest BCUT2D eigenvalue weighted by atomic mass is 16.1. The number of carbonyl (C=O) groups is 1. The summed E-state index contributed by atoms with van der Waals surface area (Å²) in [5, 5.41) is 0. The average molecular weight is 248 g/mol. The fourth-order valence-electron chi connectivity index (χ4n) is 3.26. The number of aryl methyl sites for hydroxylation is 1. The minimum absolute atomic E-state index is 0.273. The summed E-state index contributed by atoms with van der Waals surface area (Å²) in [4.78, 5) is 13.4. The fraction of sp³-hybridized carbons (Fsp3) is 0.667. The predicted molar refractivity (Wildman–Crippen MR) is 74.2 cm³/mol. The SMILES string of the molecule is Cc1cc(C=O)c(C)n1CC1(N(C)C)CCCC1. The van der Waals surface area contributed by atoms with Crippen LogP contribution in [0, 0.1) is 13.8 Å². The third-order valence-electron chi connectivity index (χ3n) is 4.68. The molecule has 0 aliphatic heterocycles. The van der Waals surface area contributed by atoms with Gasteiger partial charge < -0.3 is 9.47 Å². The first-order valence-electron chi connectivity index (χ1n) is 6.79. The first-order chi connectivity index (χ1) is 8.50. The molecule has 1 heterocycles. The molecule has 1 fully saturated rings. The van der Waals surface area contributed by atoms with Gasteiger partial charge in [0.25, 0.3) is 0 Å². The highest BCUT2D eigenvalue weighted by Gasteiger charge is 2.36. The summed E-state index contributed by atoms with van der Waals surface area (Å²) in [7, 11) is 4.36. The summed E-state index contributed by atoms with van der Waals surface area (Å²) in [6, 6.07) is 2.00. The number of hydrogen-bond acceptors (Lipinski definition) is 2. The molecule has 1 aliphatic carbocycles. The van der Waals surface area contributed by atoms with Crippen LogP contribution in [0.15, 0.2) is 6.07 Å². The summed E-state index contributed by atoms with van der Waals surface area (Å²) >= 11 is 0. The Labute approximate surface area is 110 Å². The van der Waals surface area contributed by atoms with Crippen molar-refractivity contribution in [1.29, 1.82) is 0 Å². The van der Waals surface area contributed by atoms with Crippen molar-refractivity contribution in [3.63, 3.8) is 0 Å². The van der Waals surface area contributed by atoms with Gasteiger partial charge >= 0.3 is 0 Å². The lowest BCUT2D eigenvalue weighted by molar-refractivity contribution is 0.112. The van der Waals surface area contributed by atoms with E-state index in [9.17, 15) is 4.79 Å². The Hall–Kier alpha value is -1.09. The van der Waals surface area contributed by atoms with Crippen LogP contribution < -0.4 is 0 Å². The fourth-order valence-corrected chi connectivity index (χ4v) is 3.26. The van der Waals surface area contributed by atoms with Crippen LogP contribution in [-0.4, -0.2) is 35.4 Å². The van der Waals surface area contributed by atoms with E-state index in [0.29, 0.717) is 0 Å². The number of hydrogen-bond donors (Lipinski definition) is 0. The van der Waals surface area contributed by atoms with E-state index in [0.717, 1.165) is 24.1 Å². The van der Waals surface area contributed by atoms with Crippen molar-refractivity contribution < 1.29 is 4.79 Å². The van der Waals surface area contributed by atoms with E-state index in [4.69, 9.17) is 0 Å². The van der Waals surface area contributed by atoms with Crippen molar-refractivity contribution in [2.45, 2.75) is 51.6 Å². The number of likely N-dealkylation sites (N-methyl/N-ethyl adjacent to an activating group) is 1. The van der Waals surface area contributed by atoms with E-state index in [-0.39, 0.29) is 5.54 Å². The van der Waals surface area contributed by atoms with E-state index in [2.05, 4.69) is 37.4 Å². The van der Waals surface area contributed by atoms with Crippen molar-refractivity contribution in [1.82, 2.24) is 9.47 Å². The zero-order valence-corrected chi connectivity index (χ0v) is 12.0. The molecule has 18 heavy (non-hydrogen) atoms. The quantitative estimate of drug-likeness (QED) is 0.766. The summed E-state index contributed by atoms with van der Waals surface area (Å²) < 4.78 is 2.31. The zero-order valence-electron chi connectivity index (χ0n) is 12.0.